The number of hydrogen-bond donors (Lipinski definition) is 1. The molecule has 2 heterocycles. The Hall–Kier alpha value is -3.25. The SMILES string of the molecule is O=C(OCC1c2ccccc2-c2ccccc21)N1C2CCC1CC(O)(c1cccc(F)c1F)C2. The van der Waals surface area contributed by atoms with Crippen molar-refractivity contribution in [1.29, 1.82) is 0 Å². The third kappa shape index (κ3) is 3.23. The number of piperidine rings is 1. The van der Waals surface area contributed by atoms with E-state index in [4.69, 9.17) is 4.74 Å². The number of carbonyl (C=O) groups is 1. The van der Waals surface area contributed by atoms with E-state index in [2.05, 4.69) is 24.3 Å². The van der Waals surface area contributed by atoms with Gasteiger partial charge in [-0.05, 0) is 41.2 Å². The van der Waals surface area contributed by atoms with E-state index in [1.54, 1.807) is 4.90 Å². The molecule has 4 nitrogen and oxygen atoms in total. The van der Waals surface area contributed by atoms with E-state index in [0.29, 0.717) is 12.8 Å². The highest BCUT2D eigenvalue weighted by atomic mass is 19.2. The standard InChI is InChI=1S/C28H25F2NO3/c29-25-11-5-10-24(26(25)30)28(33)14-17-12-13-18(15-28)31(17)27(32)34-16-23-21-8-3-1-6-19(21)20-7-2-4-9-22(20)23/h1-11,17-18,23,33H,12-16H2. The minimum Gasteiger partial charge on any atom is -0.448 e. The lowest BCUT2D eigenvalue weighted by atomic mass is 9.80. The molecule has 2 atom stereocenters. The maximum atomic E-state index is 14.5. The summed E-state index contributed by atoms with van der Waals surface area (Å²) in [7, 11) is 0. The van der Waals surface area contributed by atoms with Crippen molar-refractivity contribution < 1.29 is 23.4 Å². The van der Waals surface area contributed by atoms with E-state index in [0.717, 1.165) is 17.2 Å². The summed E-state index contributed by atoms with van der Waals surface area (Å²) in [5, 5.41) is 11.3. The van der Waals surface area contributed by atoms with Crippen LogP contribution in [0.3, 0.4) is 0 Å². The van der Waals surface area contributed by atoms with Gasteiger partial charge in [-0.2, -0.15) is 0 Å². The predicted molar refractivity (Wildman–Crippen MR) is 123 cm³/mol. The number of nitrogens with zero attached hydrogens (tertiary/aromatic N) is 1. The molecule has 2 aliphatic heterocycles. The topological polar surface area (TPSA) is 49.8 Å². The van der Waals surface area contributed by atoms with Crippen LogP contribution in [0.25, 0.3) is 11.1 Å². The molecule has 174 valence electrons. The third-order valence-electron chi connectivity index (χ3n) is 7.77. The molecule has 0 spiro atoms. The molecule has 3 aromatic carbocycles. The summed E-state index contributed by atoms with van der Waals surface area (Å²) in [5.74, 6) is -2.02. The van der Waals surface area contributed by atoms with Crippen LogP contribution in [0.15, 0.2) is 66.7 Å². The summed E-state index contributed by atoms with van der Waals surface area (Å²) in [5.41, 5.74) is 3.09. The first kappa shape index (κ1) is 21.3. The van der Waals surface area contributed by atoms with Crippen LogP contribution in [0, 0.1) is 11.6 Å². The molecule has 2 bridgehead atoms. The summed E-state index contributed by atoms with van der Waals surface area (Å²) in [6.45, 7) is 0.228. The zero-order valence-corrected chi connectivity index (χ0v) is 18.6. The van der Waals surface area contributed by atoms with Crippen molar-refractivity contribution in [3.05, 3.63) is 95.1 Å². The second-order valence-corrected chi connectivity index (χ2v) is 9.64. The Morgan fingerprint density at radius 3 is 2.12 bits per heavy atom. The maximum Gasteiger partial charge on any atom is 0.410 e. The predicted octanol–water partition coefficient (Wildman–Crippen LogP) is 5.73. The number of hydrogen-bond acceptors (Lipinski definition) is 3. The first-order chi connectivity index (χ1) is 16.5. The maximum absolute atomic E-state index is 14.5. The first-order valence-corrected chi connectivity index (χ1v) is 11.8. The molecule has 1 amide bonds. The van der Waals surface area contributed by atoms with Gasteiger partial charge in [-0.25, -0.2) is 13.6 Å². The first-order valence-electron chi connectivity index (χ1n) is 11.8. The summed E-state index contributed by atoms with van der Waals surface area (Å²) in [4.78, 5) is 14.9. The molecule has 0 radical (unpaired) electrons. The van der Waals surface area contributed by atoms with Crippen LogP contribution in [0.2, 0.25) is 0 Å². The minimum absolute atomic E-state index is 0.0304. The molecule has 2 fully saturated rings. The molecule has 1 aliphatic carbocycles. The van der Waals surface area contributed by atoms with Gasteiger partial charge < -0.3 is 14.7 Å². The van der Waals surface area contributed by atoms with Gasteiger partial charge in [0, 0.05) is 36.4 Å². The average molecular weight is 462 g/mol. The number of carbonyl (C=O) groups excluding carboxylic acids is 1. The third-order valence-corrected chi connectivity index (χ3v) is 7.77. The molecular weight excluding hydrogens is 436 g/mol. The zero-order valence-electron chi connectivity index (χ0n) is 18.6. The van der Waals surface area contributed by atoms with Gasteiger partial charge in [0.2, 0.25) is 0 Å². The van der Waals surface area contributed by atoms with Crippen molar-refractivity contribution in [2.24, 2.45) is 0 Å². The number of fused-ring (bicyclic) bond motifs is 5. The number of benzene rings is 3. The molecule has 34 heavy (non-hydrogen) atoms. The van der Waals surface area contributed by atoms with Crippen molar-refractivity contribution in [2.45, 2.75) is 49.3 Å². The molecule has 0 saturated carbocycles. The smallest absolute Gasteiger partial charge is 0.410 e. The highest BCUT2D eigenvalue weighted by Gasteiger charge is 2.51. The quantitative estimate of drug-likeness (QED) is 0.542. The van der Waals surface area contributed by atoms with Gasteiger partial charge in [-0.15, -0.1) is 0 Å². The summed E-state index contributed by atoms with van der Waals surface area (Å²) < 4.78 is 34.1. The van der Waals surface area contributed by atoms with E-state index in [9.17, 15) is 18.7 Å². The van der Waals surface area contributed by atoms with Gasteiger partial charge in [0.25, 0.3) is 0 Å². The minimum atomic E-state index is -1.50. The lowest BCUT2D eigenvalue weighted by Crippen LogP contribution is -2.52. The van der Waals surface area contributed by atoms with Crippen LogP contribution in [0.1, 0.15) is 48.3 Å². The molecule has 1 N–H and O–H groups in total. The second kappa shape index (κ2) is 7.91. The van der Waals surface area contributed by atoms with E-state index in [1.165, 1.54) is 23.3 Å². The number of amides is 1. The van der Waals surface area contributed by atoms with Crippen LogP contribution < -0.4 is 0 Å². The van der Waals surface area contributed by atoms with E-state index >= 15 is 0 Å². The van der Waals surface area contributed by atoms with Gasteiger partial charge in [-0.3, -0.25) is 0 Å². The monoisotopic (exact) mass is 461 g/mol. The number of rotatable bonds is 3. The fourth-order valence-electron chi connectivity index (χ4n) is 6.27. The van der Waals surface area contributed by atoms with Crippen molar-refractivity contribution in [3.63, 3.8) is 0 Å². The summed E-state index contributed by atoms with van der Waals surface area (Å²) in [6.07, 6.45) is 1.32. The van der Waals surface area contributed by atoms with Gasteiger partial charge in [0.1, 0.15) is 6.61 Å². The largest absolute Gasteiger partial charge is 0.448 e. The van der Waals surface area contributed by atoms with Crippen LogP contribution in [0.4, 0.5) is 13.6 Å². The Balaban J connectivity index is 1.20. The van der Waals surface area contributed by atoms with E-state index in [1.807, 2.05) is 24.3 Å². The molecular formula is C28H25F2NO3. The Morgan fingerprint density at radius 2 is 1.50 bits per heavy atom. The Bertz CT molecular complexity index is 1220. The Kier molecular flexibility index (Phi) is 4.96. The lowest BCUT2D eigenvalue weighted by Gasteiger charge is -2.43. The van der Waals surface area contributed by atoms with Crippen LogP contribution in [-0.4, -0.2) is 34.8 Å². The van der Waals surface area contributed by atoms with Crippen LogP contribution in [-0.2, 0) is 10.3 Å². The van der Waals surface area contributed by atoms with Gasteiger partial charge in [0.05, 0.1) is 5.60 Å². The molecule has 3 aliphatic rings. The van der Waals surface area contributed by atoms with Crippen molar-refractivity contribution in [1.82, 2.24) is 4.90 Å². The Morgan fingerprint density at radius 1 is 0.912 bits per heavy atom. The highest BCUT2D eigenvalue weighted by molar-refractivity contribution is 5.79. The Labute approximate surface area is 196 Å². The average Bonchev–Trinajstić information content (AvgIpc) is 3.31. The van der Waals surface area contributed by atoms with E-state index in [-0.39, 0.29) is 43.0 Å². The summed E-state index contributed by atoms with van der Waals surface area (Å²) in [6, 6.07) is 19.7. The van der Waals surface area contributed by atoms with Crippen LogP contribution in [0.5, 0.6) is 0 Å². The number of aliphatic hydroxyl groups is 1. The number of halogens is 2. The van der Waals surface area contributed by atoms with Crippen LogP contribution >= 0.6 is 0 Å². The molecule has 6 heteroatoms. The van der Waals surface area contributed by atoms with Gasteiger partial charge in [-0.1, -0.05) is 60.7 Å². The van der Waals surface area contributed by atoms with Gasteiger partial charge >= 0.3 is 6.09 Å². The molecule has 0 aromatic heterocycles. The second-order valence-electron chi connectivity index (χ2n) is 9.64. The van der Waals surface area contributed by atoms with E-state index < -0.39 is 23.3 Å². The molecule has 6 rings (SSSR count). The van der Waals surface area contributed by atoms with Crippen molar-refractivity contribution in [2.75, 3.05) is 6.61 Å². The lowest BCUT2D eigenvalue weighted by molar-refractivity contribution is -0.0554. The van der Waals surface area contributed by atoms with Gasteiger partial charge in [0.15, 0.2) is 11.6 Å². The van der Waals surface area contributed by atoms with Crippen molar-refractivity contribution in [3.8, 4) is 11.1 Å². The molecule has 3 aromatic rings. The fourth-order valence-corrected chi connectivity index (χ4v) is 6.27. The molecule has 2 saturated heterocycles. The normalized spacial score (nSPS) is 25.2. The number of ether oxygens (including phenoxy) is 1. The van der Waals surface area contributed by atoms with Crippen molar-refractivity contribution >= 4 is 6.09 Å². The zero-order chi connectivity index (χ0) is 23.4. The summed E-state index contributed by atoms with van der Waals surface area (Å²) >= 11 is 0. The fraction of sp³-hybridized carbons (Fsp3) is 0.321. The molecule has 2 unspecified atom stereocenters. The highest BCUT2D eigenvalue weighted by Crippen LogP contribution is 2.48.